The molecule has 1 N–H and O–H groups in total. The molecule has 0 aliphatic rings. The number of amides is 1. The molecule has 0 unspecified atom stereocenters. The summed E-state index contributed by atoms with van der Waals surface area (Å²) < 4.78 is 0.902. The third-order valence-electron chi connectivity index (χ3n) is 3.89. The second kappa shape index (κ2) is 8.29. The van der Waals surface area contributed by atoms with Crippen molar-refractivity contribution in [3.8, 4) is 11.3 Å². The van der Waals surface area contributed by atoms with Crippen LogP contribution in [-0.2, 0) is 20.4 Å². The van der Waals surface area contributed by atoms with E-state index in [0.29, 0.717) is 5.56 Å². The molecule has 0 spiro atoms. The third kappa shape index (κ3) is 3.86. The van der Waals surface area contributed by atoms with E-state index in [9.17, 15) is 4.79 Å². The quantitative estimate of drug-likeness (QED) is 0.382. The molecular weight excluding hydrogens is 515 g/mol. The van der Waals surface area contributed by atoms with Crippen molar-refractivity contribution in [1.82, 2.24) is 10.3 Å². The summed E-state index contributed by atoms with van der Waals surface area (Å²) in [6.45, 7) is 1.73. The first-order valence-corrected chi connectivity index (χ1v) is 8.82. The van der Waals surface area contributed by atoms with Gasteiger partial charge in [0, 0.05) is 26.0 Å². The monoisotopic (exact) mass is 530 g/mol. The molecule has 4 rings (SSSR count). The van der Waals surface area contributed by atoms with E-state index in [0.717, 1.165) is 27.0 Å². The van der Waals surface area contributed by atoms with Gasteiger partial charge in [0.2, 0.25) is 5.91 Å². The van der Waals surface area contributed by atoms with Gasteiger partial charge in [-0.1, -0.05) is 42.9 Å². The molecule has 0 fully saturated rings. The number of nitrogens with zero attached hydrogens (tertiary/aromatic N) is 1. The summed E-state index contributed by atoms with van der Waals surface area (Å²) in [5.74, 6) is -0.129. The Morgan fingerprint density at radius 2 is 1.65 bits per heavy atom. The molecule has 0 bridgehead atoms. The van der Waals surface area contributed by atoms with Crippen LogP contribution >= 0.6 is 11.3 Å². The van der Waals surface area contributed by atoms with Crippen molar-refractivity contribution in [2.75, 3.05) is 0 Å². The zero-order valence-corrected chi connectivity index (χ0v) is 17.3. The topological polar surface area (TPSA) is 42.0 Å². The Hall–Kier alpha value is -2.45. The van der Waals surface area contributed by atoms with E-state index in [1.165, 1.54) is 11.3 Å². The zero-order valence-electron chi connectivity index (χ0n) is 13.7. The molecule has 4 aromatic rings. The normalized spacial score (nSPS) is 10.2. The van der Waals surface area contributed by atoms with Crippen LogP contribution in [0, 0.1) is 6.54 Å². The van der Waals surface area contributed by atoms with Crippen molar-refractivity contribution in [2.45, 2.75) is 0 Å². The zero-order chi connectivity index (χ0) is 17.1. The minimum atomic E-state index is -0.129. The van der Waals surface area contributed by atoms with Crippen LogP contribution in [0.5, 0.6) is 0 Å². The van der Waals surface area contributed by atoms with Gasteiger partial charge in [-0.15, -0.1) is 23.5 Å². The van der Waals surface area contributed by atoms with E-state index in [4.69, 9.17) is 0 Å². The van der Waals surface area contributed by atoms with Crippen molar-refractivity contribution in [1.29, 1.82) is 0 Å². The van der Waals surface area contributed by atoms with Crippen LogP contribution in [0.3, 0.4) is 0 Å². The summed E-state index contributed by atoms with van der Waals surface area (Å²) in [5, 5.41) is 4.85. The molecule has 0 saturated carbocycles. The molecule has 0 atom stereocenters. The first kappa shape index (κ1) is 18.3. The fourth-order valence-electron chi connectivity index (χ4n) is 2.66. The number of nitrogens with one attached hydrogen (secondary N) is 1. The molecule has 1 radical (unpaired) electrons. The van der Waals surface area contributed by atoms with Gasteiger partial charge in [-0.2, -0.15) is 17.7 Å². The average Bonchev–Trinajstić information content (AvgIpc) is 3.15. The Labute approximate surface area is 169 Å². The minimum Gasteiger partial charge on any atom is -0.381 e. The number of fused-ring (bicyclic) bond motifs is 1. The second-order valence-electron chi connectivity index (χ2n) is 5.58. The van der Waals surface area contributed by atoms with Crippen molar-refractivity contribution in [3.63, 3.8) is 0 Å². The van der Waals surface area contributed by atoms with Gasteiger partial charge in [0.25, 0.3) is 0 Å². The van der Waals surface area contributed by atoms with Gasteiger partial charge >= 0.3 is 0 Å². The van der Waals surface area contributed by atoms with E-state index in [1.54, 1.807) is 6.54 Å². The Balaban J connectivity index is 0.00000196. The minimum absolute atomic E-state index is 0. The maximum atomic E-state index is 12.8. The van der Waals surface area contributed by atoms with Gasteiger partial charge < -0.3 is 5.32 Å². The van der Waals surface area contributed by atoms with E-state index in [2.05, 4.69) is 10.3 Å². The molecule has 5 heteroatoms. The Morgan fingerprint density at radius 1 is 0.962 bits per heavy atom. The molecular formula is C21H15N2OReS-. The van der Waals surface area contributed by atoms with Crippen molar-refractivity contribution in [3.05, 3.63) is 95.8 Å². The van der Waals surface area contributed by atoms with E-state index >= 15 is 0 Å². The van der Waals surface area contributed by atoms with Crippen LogP contribution in [0.25, 0.3) is 21.5 Å². The van der Waals surface area contributed by atoms with Gasteiger partial charge in [0.05, 0.1) is 21.5 Å². The molecule has 1 amide bonds. The molecule has 2 aromatic carbocycles. The first-order chi connectivity index (χ1) is 12.3. The Bertz CT molecular complexity index is 1020. The summed E-state index contributed by atoms with van der Waals surface area (Å²) in [4.78, 5) is 17.4. The number of rotatable bonds is 4. The Kier molecular flexibility index (Phi) is 5.85. The summed E-state index contributed by atoms with van der Waals surface area (Å²) in [6, 6.07) is 23.4. The standard InChI is InChI=1S/C21H15N2OS.Re/c24-21(22-14-15-7-3-1-4-8-15)17-13-19(16-9-5-2-6-10-16)23-18-11-12-25-20(17)18;/h1-14H,(H,22,24);/q-1;. The fourth-order valence-corrected chi connectivity index (χ4v) is 3.50. The molecule has 0 saturated heterocycles. The smallest absolute Gasteiger partial charge is 0.245 e. The molecule has 2 aromatic heterocycles. The molecule has 0 aliphatic heterocycles. The summed E-state index contributed by atoms with van der Waals surface area (Å²) in [5.41, 5.74) is 4.24. The molecule has 3 nitrogen and oxygen atoms in total. The summed E-state index contributed by atoms with van der Waals surface area (Å²) in [7, 11) is 0. The number of carbonyl (C=O) groups excluding carboxylic acids is 1. The van der Waals surface area contributed by atoms with Crippen molar-refractivity contribution >= 4 is 27.5 Å². The summed E-state index contributed by atoms with van der Waals surface area (Å²) >= 11 is 1.53. The molecule has 0 aliphatic carbocycles. The third-order valence-corrected chi connectivity index (χ3v) is 4.83. The predicted octanol–water partition coefficient (Wildman–Crippen LogP) is 4.90. The van der Waals surface area contributed by atoms with E-state index in [1.807, 2.05) is 78.2 Å². The second-order valence-corrected chi connectivity index (χ2v) is 6.50. The van der Waals surface area contributed by atoms with Gasteiger partial charge in [-0.25, -0.2) is 4.98 Å². The van der Waals surface area contributed by atoms with Crippen LogP contribution in [-0.4, -0.2) is 10.9 Å². The number of carbonyl (C=O) groups is 1. The van der Waals surface area contributed by atoms with Gasteiger partial charge in [-0.3, -0.25) is 4.79 Å². The predicted molar refractivity (Wildman–Crippen MR) is 102 cm³/mol. The van der Waals surface area contributed by atoms with Crippen LogP contribution in [0.15, 0.2) is 78.2 Å². The van der Waals surface area contributed by atoms with E-state index in [-0.39, 0.29) is 26.3 Å². The fraction of sp³-hybridized carbons (Fsp3) is 0. The number of aromatic nitrogens is 1. The number of benzene rings is 2. The SMILES string of the molecule is O=C(N[CH-]c1ccccc1)c1cc(-c2ccccc2)nc2ccsc12.[Re]. The maximum absolute atomic E-state index is 12.8. The number of hydrogen-bond acceptors (Lipinski definition) is 3. The van der Waals surface area contributed by atoms with Crippen LogP contribution in [0.1, 0.15) is 15.9 Å². The van der Waals surface area contributed by atoms with Crippen LogP contribution < -0.4 is 5.32 Å². The van der Waals surface area contributed by atoms with Crippen molar-refractivity contribution < 1.29 is 25.2 Å². The van der Waals surface area contributed by atoms with Gasteiger partial charge in [0.1, 0.15) is 0 Å². The number of pyridine rings is 1. The maximum Gasteiger partial charge on any atom is 0.245 e. The first-order valence-electron chi connectivity index (χ1n) is 7.94. The van der Waals surface area contributed by atoms with Gasteiger partial charge in [-0.05, 0) is 17.5 Å². The van der Waals surface area contributed by atoms with Crippen LogP contribution in [0.4, 0.5) is 0 Å². The molecule has 129 valence electrons. The van der Waals surface area contributed by atoms with Crippen LogP contribution in [0.2, 0.25) is 0 Å². The summed E-state index contributed by atoms with van der Waals surface area (Å²) in [6.07, 6.45) is 0. The number of thiophene rings is 1. The van der Waals surface area contributed by atoms with E-state index < -0.39 is 0 Å². The van der Waals surface area contributed by atoms with Crippen molar-refractivity contribution in [2.24, 2.45) is 0 Å². The molecule has 2 heterocycles. The largest absolute Gasteiger partial charge is 0.381 e. The molecule has 26 heavy (non-hydrogen) atoms. The van der Waals surface area contributed by atoms with Gasteiger partial charge in [0.15, 0.2) is 0 Å². The Morgan fingerprint density at radius 3 is 2.38 bits per heavy atom. The average molecular weight is 530 g/mol. The number of hydrogen-bond donors (Lipinski definition) is 1.